The highest BCUT2D eigenvalue weighted by Crippen LogP contribution is 2.39. The van der Waals surface area contributed by atoms with Crippen molar-refractivity contribution in [2.24, 2.45) is 0 Å². The summed E-state index contributed by atoms with van der Waals surface area (Å²) >= 11 is 0. The quantitative estimate of drug-likeness (QED) is 0.505. The zero-order valence-corrected chi connectivity index (χ0v) is 17.4. The van der Waals surface area contributed by atoms with Gasteiger partial charge in [-0.05, 0) is 65.6 Å². The van der Waals surface area contributed by atoms with Gasteiger partial charge in [-0.3, -0.25) is 4.90 Å². The summed E-state index contributed by atoms with van der Waals surface area (Å²) in [6.07, 6.45) is 6.23. The molecule has 0 spiro atoms. The normalized spacial score (nSPS) is 20.7. The maximum atomic E-state index is 13.0. The second kappa shape index (κ2) is 7.98. The number of hydrogen-bond donors (Lipinski definition) is 0. The summed E-state index contributed by atoms with van der Waals surface area (Å²) in [7, 11) is 0. The lowest BCUT2D eigenvalue weighted by Gasteiger charge is -2.44. The Kier molecular flexibility index (Phi) is 5.04. The molecule has 5 rings (SSSR count). The number of aryl methyl sites for hydroxylation is 1. The smallest absolute Gasteiger partial charge is 0.410 e. The van der Waals surface area contributed by atoms with Crippen LogP contribution in [0.15, 0.2) is 72.8 Å². The van der Waals surface area contributed by atoms with Crippen molar-refractivity contribution in [3.05, 3.63) is 89.5 Å². The van der Waals surface area contributed by atoms with Crippen molar-refractivity contribution < 1.29 is 9.53 Å². The van der Waals surface area contributed by atoms with Gasteiger partial charge in [0.15, 0.2) is 0 Å². The van der Waals surface area contributed by atoms with Crippen LogP contribution in [0.2, 0.25) is 0 Å². The number of carbonyl (C=O) groups excluding carboxylic acids is 1. The van der Waals surface area contributed by atoms with E-state index < -0.39 is 0 Å². The highest BCUT2D eigenvalue weighted by atomic mass is 16.6. The molecule has 0 N–H and O–H groups in total. The van der Waals surface area contributed by atoms with Crippen molar-refractivity contribution in [3.8, 4) is 0 Å². The molecule has 3 nitrogen and oxygen atoms in total. The Labute approximate surface area is 178 Å². The Balaban J connectivity index is 1.42. The van der Waals surface area contributed by atoms with Gasteiger partial charge >= 0.3 is 6.09 Å². The molecule has 1 saturated heterocycles. The number of nitrogens with zero attached hydrogens (tertiary/aromatic N) is 1. The van der Waals surface area contributed by atoms with E-state index in [0.717, 1.165) is 31.2 Å². The fourth-order valence-corrected chi connectivity index (χ4v) is 5.04. The number of fused-ring (bicyclic) bond motifs is 3. The van der Waals surface area contributed by atoms with E-state index in [0.29, 0.717) is 6.61 Å². The van der Waals surface area contributed by atoms with E-state index in [4.69, 9.17) is 4.74 Å². The van der Waals surface area contributed by atoms with Gasteiger partial charge in [0.1, 0.15) is 6.61 Å². The van der Waals surface area contributed by atoms with Crippen LogP contribution >= 0.6 is 0 Å². The van der Waals surface area contributed by atoms with Gasteiger partial charge in [0.05, 0.1) is 6.04 Å². The molecule has 3 aromatic rings. The summed E-state index contributed by atoms with van der Waals surface area (Å²) in [5.74, 6) is 0. The highest BCUT2D eigenvalue weighted by molar-refractivity contribution is 5.96. The SMILES string of the molecule is Cc1ccc(C2=CC3CCCC(C2)N3C(=O)OCc2ccccc2)c2ccccc12. The molecule has 2 aliphatic heterocycles. The molecule has 0 radical (unpaired) electrons. The largest absolute Gasteiger partial charge is 0.445 e. The van der Waals surface area contributed by atoms with Crippen molar-refractivity contribution in [3.63, 3.8) is 0 Å². The highest BCUT2D eigenvalue weighted by Gasteiger charge is 2.38. The van der Waals surface area contributed by atoms with Crippen LogP contribution in [-0.2, 0) is 11.3 Å². The minimum Gasteiger partial charge on any atom is -0.445 e. The fraction of sp³-hybridized carbons (Fsp3) is 0.296. The summed E-state index contributed by atoms with van der Waals surface area (Å²) in [6.45, 7) is 2.50. The van der Waals surface area contributed by atoms with Crippen LogP contribution < -0.4 is 0 Å². The lowest BCUT2D eigenvalue weighted by atomic mass is 9.81. The number of carbonyl (C=O) groups is 1. The van der Waals surface area contributed by atoms with Crippen LogP contribution in [0.25, 0.3) is 16.3 Å². The fourth-order valence-electron chi connectivity index (χ4n) is 5.04. The third-order valence-electron chi connectivity index (χ3n) is 6.54. The van der Waals surface area contributed by atoms with Gasteiger partial charge in [-0.1, -0.05) is 72.8 Å². The van der Waals surface area contributed by atoms with Crippen LogP contribution in [-0.4, -0.2) is 23.1 Å². The Morgan fingerprint density at radius 2 is 1.73 bits per heavy atom. The third kappa shape index (κ3) is 3.49. The Morgan fingerprint density at radius 1 is 0.967 bits per heavy atom. The molecule has 30 heavy (non-hydrogen) atoms. The van der Waals surface area contributed by atoms with E-state index in [1.807, 2.05) is 35.2 Å². The minimum atomic E-state index is -0.183. The Bertz CT molecular complexity index is 1100. The Hall–Kier alpha value is -3.07. The third-order valence-corrected chi connectivity index (χ3v) is 6.54. The second-order valence-electron chi connectivity index (χ2n) is 8.47. The van der Waals surface area contributed by atoms with Gasteiger partial charge in [-0.2, -0.15) is 0 Å². The van der Waals surface area contributed by atoms with Gasteiger partial charge in [-0.25, -0.2) is 4.79 Å². The van der Waals surface area contributed by atoms with E-state index in [9.17, 15) is 4.79 Å². The summed E-state index contributed by atoms with van der Waals surface area (Å²) in [5.41, 5.74) is 5.01. The van der Waals surface area contributed by atoms with Gasteiger partial charge in [0, 0.05) is 6.04 Å². The van der Waals surface area contributed by atoms with Crippen LogP contribution in [0, 0.1) is 6.92 Å². The molecule has 0 aromatic heterocycles. The topological polar surface area (TPSA) is 29.5 Å². The van der Waals surface area contributed by atoms with Gasteiger partial charge < -0.3 is 4.74 Å². The number of rotatable bonds is 3. The first-order valence-corrected chi connectivity index (χ1v) is 10.9. The zero-order chi connectivity index (χ0) is 20.5. The number of benzene rings is 3. The maximum absolute atomic E-state index is 13.0. The molecule has 2 bridgehead atoms. The molecular formula is C27H27NO2. The van der Waals surface area contributed by atoms with Crippen LogP contribution in [0.4, 0.5) is 4.79 Å². The molecular weight excluding hydrogens is 370 g/mol. The number of ether oxygens (including phenoxy) is 1. The van der Waals surface area contributed by atoms with Crippen molar-refractivity contribution in [1.82, 2.24) is 4.90 Å². The summed E-state index contributed by atoms with van der Waals surface area (Å²) in [6, 6.07) is 23.3. The molecule has 2 heterocycles. The average Bonchev–Trinajstić information content (AvgIpc) is 2.78. The van der Waals surface area contributed by atoms with E-state index in [1.165, 1.54) is 27.5 Å². The monoisotopic (exact) mass is 397 g/mol. The lowest BCUT2D eigenvalue weighted by Crippen LogP contribution is -2.51. The zero-order valence-electron chi connectivity index (χ0n) is 17.4. The predicted molar refractivity (Wildman–Crippen MR) is 121 cm³/mol. The van der Waals surface area contributed by atoms with E-state index in [-0.39, 0.29) is 18.2 Å². The van der Waals surface area contributed by atoms with Gasteiger partial charge in [-0.15, -0.1) is 0 Å². The first kappa shape index (κ1) is 18.9. The lowest BCUT2D eigenvalue weighted by molar-refractivity contribution is 0.0510. The number of piperidine rings is 1. The molecule has 1 fully saturated rings. The summed E-state index contributed by atoms with van der Waals surface area (Å²) in [5, 5.41) is 2.62. The van der Waals surface area contributed by atoms with Gasteiger partial charge in [0.2, 0.25) is 0 Å². The van der Waals surface area contributed by atoms with Crippen LogP contribution in [0.1, 0.15) is 42.4 Å². The number of hydrogen-bond acceptors (Lipinski definition) is 2. The van der Waals surface area contributed by atoms with E-state index in [2.05, 4.69) is 49.4 Å². The first-order chi connectivity index (χ1) is 14.7. The van der Waals surface area contributed by atoms with Crippen molar-refractivity contribution in [2.45, 2.75) is 51.3 Å². The molecule has 1 amide bonds. The molecule has 2 unspecified atom stereocenters. The molecule has 3 heteroatoms. The molecule has 3 aromatic carbocycles. The van der Waals surface area contributed by atoms with Crippen LogP contribution in [0.5, 0.6) is 0 Å². The molecule has 0 aliphatic carbocycles. The first-order valence-electron chi connectivity index (χ1n) is 10.9. The number of amides is 1. The molecule has 0 saturated carbocycles. The maximum Gasteiger partial charge on any atom is 0.410 e. The molecule has 2 atom stereocenters. The Morgan fingerprint density at radius 3 is 2.53 bits per heavy atom. The van der Waals surface area contributed by atoms with Crippen molar-refractivity contribution in [2.75, 3.05) is 0 Å². The minimum absolute atomic E-state index is 0.121. The predicted octanol–water partition coefficient (Wildman–Crippen LogP) is 6.50. The average molecular weight is 398 g/mol. The second-order valence-corrected chi connectivity index (χ2v) is 8.47. The standard InChI is InChI=1S/C27H27NO2/c1-19-14-15-25(26-13-6-5-12-24(19)26)21-16-22-10-7-11-23(17-21)28(22)27(29)30-18-20-8-3-2-4-9-20/h2-6,8-9,12-16,22-23H,7,10-11,17-18H2,1H3. The summed E-state index contributed by atoms with van der Waals surface area (Å²) < 4.78 is 5.69. The molecule has 152 valence electrons. The molecule has 2 aliphatic rings. The van der Waals surface area contributed by atoms with E-state index in [1.54, 1.807) is 0 Å². The summed E-state index contributed by atoms with van der Waals surface area (Å²) in [4.78, 5) is 15.0. The van der Waals surface area contributed by atoms with Crippen molar-refractivity contribution >= 4 is 22.4 Å². The van der Waals surface area contributed by atoms with Crippen LogP contribution in [0.3, 0.4) is 0 Å². The van der Waals surface area contributed by atoms with E-state index >= 15 is 0 Å². The van der Waals surface area contributed by atoms with Crippen molar-refractivity contribution in [1.29, 1.82) is 0 Å². The van der Waals surface area contributed by atoms with Gasteiger partial charge in [0.25, 0.3) is 0 Å².